The summed E-state index contributed by atoms with van der Waals surface area (Å²) in [5.41, 5.74) is 0.887. The fraction of sp³-hybridized carbons (Fsp3) is 0.364. The standard InChI is InChI=1S/C11H14O3S/c1-14-11(13)5-6-15-10-4-2-3-9(7-10)8-12/h2-4,7,12H,5-6,8H2,1H3. The van der Waals surface area contributed by atoms with Crippen LogP contribution < -0.4 is 0 Å². The van der Waals surface area contributed by atoms with Gasteiger partial charge in [0.15, 0.2) is 0 Å². The van der Waals surface area contributed by atoms with Crippen LogP contribution >= 0.6 is 11.8 Å². The molecule has 4 heteroatoms. The second-order valence-corrected chi connectivity index (χ2v) is 4.15. The van der Waals surface area contributed by atoms with Crippen LogP contribution in [0.25, 0.3) is 0 Å². The summed E-state index contributed by atoms with van der Waals surface area (Å²) in [5, 5.41) is 8.93. The highest BCUT2D eigenvalue weighted by Crippen LogP contribution is 2.20. The van der Waals surface area contributed by atoms with E-state index in [0.717, 1.165) is 10.5 Å². The second kappa shape index (κ2) is 6.48. The summed E-state index contributed by atoms with van der Waals surface area (Å²) in [6.07, 6.45) is 0.407. The number of hydrogen-bond acceptors (Lipinski definition) is 4. The zero-order valence-corrected chi connectivity index (χ0v) is 9.42. The molecular weight excluding hydrogens is 212 g/mol. The average Bonchev–Trinajstić information content (AvgIpc) is 2.29. The van der Waals surface area contributed by atoms with Gasteiger partial charge in [0.05, 0.1) is 20.1 Å². The smallest absolute Gasteiger partial charge is 0.306 e. The molecule has 0 aliphatic rings. The highest BCUT2D eigenvalue weighted by atomic mass is 32.2. The number of aliphatic hydroxyl groups excluding tert-OH is 1. The van der Waals surface area contributed by atoms with Crippen molar-refractivity contribution in [2.45, 2.75) is 17.9 Å². The van der Waals surface area contributed by atoms with Gasteiger partial charge in [-0.15, -0.1) is 11.8 Å². The molecule has 0 bridgehead atoms. The van der Waals surface area contributed by atoms with E-state index in [-0.39, 0.29) is 12.6 Å². The molecule has 0 unspecified atom stereocenters. The monoisotopic (exact) mass is 226 g/mol. The van der Waals surface area contributed by atoms with E-state index >= 15 is 0 Å². The lowest BCUT2D eigenvalue weighted by atomic mass is 10.2. The Kier molecular flexibility index (Phi) is 5.21. The molecule has 0 heterocycles. The molecule has 15 heavy (non-hydrogen) atoms. The molecule has 1 aromatic rings. The lowest BCUT2D eigenvalue weighted by molar-refractivity contribution is -0.140. The fourth-order valence-corrected chi connectivity index (χ4v) is 2.00. The van der Waals surface area contributed by atoms with Crippen molar-refractivity contribution >= 4 is 17.7 Å². The van der Waals surface area contributed by atoms with Crippen molar-refractivity contribution in [1.29, 1.82) is 0 Å². The number of thioether (sulfide) groups is 1. The average molecular weight is 226 g/mol. The summed E-state index contributed by atoms with van der Waals surface area (Å²) in [4.78, 5) is 11.9. The lowest BCUT2D eigenvalue weighted by Crippen LogP contribution is -2.00. The maximum Gasteiger partial charge on any atom is 0.306 e. The van der Waals surface area contributed by atoms with E-state index in [9.17, 15) is 4.79 Å². The van der Waals surface area contributed by atoms with Gasteiger partial charge in [0.1, 0.15) is 0 Å². The van der Waals surface area contributed by atoms with Gasteiger partial charge in [0, 0.05) is 10.6 Å². The van der Waals surface area contributed by atoms with Crippen LogP contribution in [0.15, 0.2) is 29.2 Å². The molecule has 1 rings (SSSR count). The molecule has 82 valence electrons. The van der Waals surface area contributed by atoms with Gasteiger partial charge in [-0.05, 0) is 17.7 Å². The van der Waals surface area contributed by atoms with Gasteiger partial charge in [-0.3, -0.25) is 4.79 Å². The van der Waals surface area contributed by atoms with Gasteiger partial charge in [0.25, 0.3) is 0 Å². The summed E-state index contributed by atoms with van der Waals surface area (Å²) in [7, 11) is 1.39. The van der Waals surface area contributed by atoms with Crippen LogP contribution in [-0.4, -0.2) is 23.9 Å². The van der Waals surface area contributed by atoms with E-state index in [0.29, 0.717) is 12.2 Å². The van der Waals surface area contributed by atoms with Gasteiger partial charge in [-0.1, -0.05) is 12.1 Å². The zero-order chi connectivity index (χ0) is 11.1. The number of carbonyl (C=O) groups excluding carboxylic acids is 1. The molecule has 0 fully saturated rings. The molecule has 1 N–H and O–H groups in total. The van der Waals surface area contributed by atoms with Crippen LogP contribution in [0.5, 0.6) is 0 Å². The molecule has 0 saturated heterocycles. The SMILES string of the molecule is COC(=O)CCSc1cccc(CO)c1. The number of rotatable bonds is 5. The van der Waals surface area contributed by atoms with Crippen molar-refractivity contribution in [3.63, 3.8) is 0 Å². The minimum absolute atomic E-state index is 0.0470. The molecule has 1 aromatic carbocycles. The molecule has 0 saturated carbocycles. The number of ether oxygens (including phenoxy) is 1. The third-order valence-electron chi connectivity index (χ3n) is 1.88. The maximum absolute atomic E-state index is 10.8. The van der Waals surface area contributed by atoms with E-state index in [1.165, 1.54) is 7.11 Å². The molecule has 0 aliphatic carbocycles. The van der Waals surface area contributed by atoms with Crippen molar-refractivity contribution in [3.05, 3.63) is 29.8 Å². The van der Waals surface area contributed by atoms with E-state index in [4.69, 9.17) is 5.11 Å². The molecule has 0 aromatic heterocycles. The minimum Gasteiger partial charge on any atom is -0.469 e. The van der Waals surface area contributed by atoms with Gasteiger partial charge < -0.3 is 9.84 Å². The maximum atomic E-state index is 10.8. The molecule has 0 atom stereocenters. The summed E-state index contributed by atoms with van der Waals surface area (Å²) in [6.45, 7) is 0.0470. The van der Waals surface area contributed by atoms with Crippen molar-refractivity contribution in [2.75, 3.05) is 12.9 Å². The van der Waals surface area contributed by atoms with E-state index in [2.05, 4.69) is 4.74 Å². The first kappa shape index (κ1) is 12.1. The summed E-state index contributed by atoms with van der Waals surface area (Å²) >= 11 is 1.58. The van der Waals surface area contributed by atoms with Gasteiger partial charge >= 0.3 is 5.97 Å². The van der Waals surface area contributed by atoms with Crippen LogP contribution in [0.2, 0.25) is 0 Å². The fourth-order valence-electron chi connectivity index (χ4n) is 1.09. The van der Waals surface area contributed by atoms with Crippen molar-refractivity contribution < 1.29 is 14.6 Å². The minimum atomic E-state index is -0.194. The van der Waals surface area contributed by atoms with Gasteiger partial charge in [-0.25, -0.2) is 0 Å². The third kappa shape index (κ3) is 4.36. The van der Waals surface area contributed by atoms with Gasteiger partial charge in [-0.2, -0.15) is 0 Å². The van der Waals surface area contributed by atoms with Crippen LogP contribution in [0.1, 0.15) is 12.0 Å². The first-order chi connectivity index (χ1) is 7.26. The highest BCUT2D eigenvalue weighted by molar-refractivity contribution is 7.99. The first-order valence-corrected chi connectivity index (χ1v) is 5.64. The Labute approximate surface area is 93.4 Å². The molecular formula is C11H14O3S. The number of carbonyl (C=O) groups is 1. The summed E-state index contributed by atoms with van der Waals surface area (Å²) < 4.78 is 4.54. The van der Waals surface area contributed by atoms with Crippen LogP contribution in [0.3, 0.4) is 0 Å². The van der Waals surface area contributed by atoms with E-state index in [1.807, 2.05) is 24.3 Å². The molecule has 0 aliphatic heterocycles. The van der Waals surface area contributed by atoms with Crippen molar-refractivity contribution in [3.8, 4) is 0 Å². The van der Waals surface area contributed by atoms with Crippen molar-refractivity contribution in [2.24, 2.45) is 0 Å². The van der Waals surface area contributed by atoms with E-state index in [1.54, 1.807) is 11.8 Å². The van der Waals surface area contributed by atoms with Crippen LogP contribution in [0.4, 0.5) is 0 Å². The van der Waals surface area contributed by atoms with Gasteiger partial charge in [0.2, 0.25) is 0 Å². The summed E-state index contributed by atoms with van der Waals surface area (Å²) in [6, 6.07) is 7.64. The number of benzene rings is 1. The van der Waals surface area contributed by atoms with Crippen LogP contribution in [-0.2, 0) is 16.1 Å². The molecule has 0 radical (unpaired) electrons. The number of esters is 1. The number of aliphatic hydroxyl groups is 1. The Bertz CT molecular complexity index is 325. The Hall–Kier alpha value is -1.00. The predicted molar refractivity (Wildman–Crippen MR) is 59.7 cm³/mol. The Morgan fingerprint density at radius 2 is 2.33 bits per heavy atom. The zero-order valence-electron chi connectivity index (χ0n) is 8.60. The number of methoxy groups -OCH3 is 1. The highest BCUT2D eigenvalue weighted by Gasteiger charge is 2.01. The van der Waals surface area contributed by atoms with E-state index < -0.39 is 0 Å². The lowest BCUT2D eigenvalue weighted by Gasteiger charge is -2.02. The number of hydrogen-bond donors (Lipinski definition) is 1. The molecule has 0 spiro atoms. The van der Waals surface area contributed by atoms with Crippen LogP contribution in [0, 0.1) is 0 Å². The Balaban J connectivity index is 2.40. The predicted octanol–water partition coefficient (Wildman–Crippen LogP) is 1.83. The molecule has 0 amide bonds. The normalized spacial score (nSPS) is 10.0. The quantitative estimate of drug-likeness (QED) is 0.614. The van der Waals surface area contributed by atoms with Crippen molar-refractivity contribution in [1.82, 2.24) is 0 Å². The Morgan fingerprint density at radius 3 is 3.00 bits per heavy atom. The third-order valence-corrected chi connectivity index (χ3v) is 2.88. The largest absolute Gasteiger partial charge is 0.469 e. The topological polar surface area (TPSA) is 46.5 Å². The summed E-state index contributed by atoms with van der Waals surface area (Å²) in [5.74, 6) is 0.502. The first-order valence-electron chi connectivity index (χ1n) is 4.65. The molecule has 3 nitrogen and oxygen atoms in total. The second-order valence-electron chi connectivity index (χ2n) is 2.98. The Morgan fingerprint density at radius 1 is 1.53 bits per heavy atom.